The van der Waals surface area contributed by atoms with Crippen LogP contribution in [0.3, 0.4) is 0 Å². The molecule has 110 valence electrons. The molecule has 2 heterocycles. The van der Waals surface area contributed by atoms with Crippen LogP contribution in [0.1, 0.15) is 18.1 Å². The molecule has 4 rings (SSSR count). The van der Waals surface area contributed by atoms with Crippen LogP contribution in [0.25, 0.3) is 10.9 Å². The summed E-state index contributed by atoms with van der Waals surface area (Å²) in [6.45, 7) is 2.12. The summed E-state index contributed by atoms with van der Waals surface area (Å²) >= 11 is 0. The van der Waals surface area contributed by atoms with Gasteiger partial charge in [0.1, 0.15) is 0 Å². The molecule has 1 N–H and O–H groups in total. The van der Waals surface area contributed by atoms with Gasteiger partial charge in [-0.25, -0.2) is 0 Å². The zero-order valence-corrected chi connectivity index (χ0v) is 12.5. The number of aromatic amines is 1. The maximum absolute atomic E-state index is 12.8. The van der Waals surface area contributed by atoms with E-state index in [1.807, 2.05) is 41.4 Å². The number of nitrogens with one attached hydrogen (secondary N) is 1. The first-order chi connectivity index (χ1) is 10.7. The molecule has 0 spiro atoms. The van der Waals surface area contributed by atoms with E-state index in [1.165, 1.54) is 10.9 Å². The number of H-pyrrole nitrogens is 1. The molecule has 22 heavy (non-hydrogen) atoms. The van der Waals surface area contributed by atoms with E-state index in [0.29, 0.717) is 6.42 Å². The minimum atomic E-state index is 0.170. The Hall–Kier alpha value is -2.55. The highest BCUT2D eigenvalue weighted by atomic mass is 16.2. The largest absolute Gasteiger partial charge is 0.361 e. The van der Waals surface area contributed by atoms with E-state index in [4.69, 9.17) is 0 Å². The number of aromatic nitrogens is 1. The van der Waals surface area contributed by atoms with E-state index in [-0.39, 0.29) is 11.9 Å². The molecule has 0 aliphatic carbocycles. The lowest BCUT2D eigenvalue weighted by Gasteiger charge is -2.22. The maximum atomic E-state index is 12.8. The van der Waals surface area contributed by atoms with Crippen molar-refractivity contribution in [2.24, 2.45) is 0 Å². The topological polar surface area (TPSA) is 36.1 Å². The van der Waals surface area contributed by atoms with Gasteiger partial charge in [-0.2, -0.15) is 0 Å². The minimum Gasteiger partial charge on any atom is -0.361 e. The predicted molar refractivity (Wildman–Crippen MR) is 89.1 cm³/mol. The Kier molecular flexibility index (Phi) is 3.00. The fourth-order valence-corrected chi connectivity index (χ4v) is 3.41. The molecule has 1 aromatic heterocycles. The summed E-state index contributed by atoms with van der Waals surface area (Å²) in [6.07, 6.45) is 3.31. The van der Waals surface area contributed by atoms with Crippen LogP contribution in [0.15, 0.2) is 54.7 Å². The van der Waals surface area contributed by atoms with Crippen molar-refractivity contribution in [3.63, 3.8) is 0 Å². The molecule has 1 aliphatic rings. The second-order valence-corrected chi connectivity index (χ2v) is 6.02. The molecule has 1 amide bonds. The first kappa shape index (κ1) is 13.1. The van der Waals surface area contributed by atoms with Crippen molar-refractivity contribution in [2.45, 2.75) is 25.8 Å². The van der Waals surface area contributed by atoms with E-state index in [1.54, 1.807) is 0 Å². The Morgan fingerprint density at radius 2 is 2.09 bits per heavy atom. The Morgan fingerprint density at radius 3 is 3.00 bits per heavy atom. The van der Waals surface area contributed by atoms with Crippen molar-refractivity contribution >= 4 is 22.5 Å². The highest BCUT2D eigenvalue weighted by molar-refractivity contribution is 5.97. The fourth-order valence-electron chi connectivity index (χ4n) is 3.41. The molecule has 0 saturated heterocycles. The van der Waals surface area contributed by atoms with Gasteiger partial charge in [-0.05, 0) is 48.1 Å². The van der Waals surface area contributed by atoms with Crippen molar-refractivity contribution in [3.8, 4) is 0 Å². The molecule has 2 aromatic carbocycles. The van der Waals surface area contributed by atoms with Crippen molar-refractivity contribution in [2.75, 3.05) is 4.90 Å². The number of para-hydroxylation sites is 1. The number of anilines is 1. The molecule has 3 heteroatoms. The molecule has 0 fully saturated rings. The third-order valence-electron chi connectivity index (χ3n) is 4.45. The van der Waals surface area contributed by atoms with Crippen molar-refractivity contribution < 1.29 is 4.79 Å². The molecule has 1 aliphatic heterocycles. The molecule has 0 bridgehead atoms. The zero-order valence-electron chi connectivity index (χ0n) is 12.5. The van der Waals surface area contributed by atoms with Crippen LogP contribution < -0.4 is 4.90 Å². The second kappa shape index (κ2) is 5.02. The van der Waals surface area contributed by atoms with Gasteiger partial charge in [0.2, 0.25) is 5.91 Å². The molecule has 1 unspecified atom stereocenters. The van der Waals surface area contributed by atoms with Crippen LogP contribution in [0, 0.1) is 0 Å². The van der Waals surface area contributed by atoms with Crippen LogP contribution >= 0.6 is 0 Å². The van der Waals surface area contributed by atoms with Gasteiger partial charge in [0.05, 0.1) is 6.42 Å². The average molecular weight is 290 g/mol. The van der Waals surface area contributed by atoms with E-state index < -0.39 is 0 Å². The Bertz CT molecular complexity index is 849. The minimum absolute atomic E-state index is 0.170. The number of nitrogens with zero attached hydrogens (tertiary/aromatic N) is 1. The number of fused-ring (bicyclic) bond motifs is 2. The van der Waals surface area contributed by atoms with Crippen LogP contribution in [-0.2, 0) is 17.6 Å². The van der Waals surface area contributed by atoms with Crippen LogP contribution in [-0.4, -0.2) is 16.9 Å². The van der Waals surface area contributed by atoms with Gasteiger partial charge in [-0.15, -0.1) is 0 Å². The van der Waals surface area contributed by atoms with Crippen molar-refractivity contribution in [3.05, 3.63) is 65.9 Å². The number of carbonyl (C=O) groups is 1. The van der Waals surface area contributed by atoms with Crippen molar-refractivity contribution in [1.29, 1.82) is 0 Å². The molecule has 0 radical (unpaired) electrons. The fraction of sp³-hybridized carbons (Fsp3) is 0.211. The number of hydrogen-bond donors (Lipinski definition) is 1. The number of hydrogen-bond acceptors (Lipinski definition) is 1. The summed E-state index contributed by atoms with van der Waals surface area (Å²) in [5.41, 5.74) is 4.47. The number of amides is 1. The summed E-state index contributed by atoms with van der Waals surface area (Å²) < 4.78 is 0. The van der Waals surface area contributed by atoms with E-state index in [2.05, 4.69) is 30.1 Å². The average Bonchev–Trinajstić information content (AvgIpc) is 3.09. The SMILES string of the molecule is CC1Cc2ccccc2N1C(=O)Cc1ccc2cc[nH]c2c1. The van der Waals surface area contributed by atoms with Gasteiger partial charge in [0, 0.05) is 23.4 Å². The zero-order chi connectivity index (χ0) is 15.1. The highest BCUT2D eigenvalue weighted by Crippen LogP contribution is 2.32. The lowest BCUT2D eigenvalue weighted by molar-refractivity contribution is -0.118. The molecule has 1 atom stereocenters. The van der Waals surface area contributed by atoms with Crippen LogP contribution in [0.5, 0.6) is 0 Å². The summed E-state index contributed by atoms with van der Waals surface area (Å²) in [5.74, 6) is 0.170. The third-order valence-corrected chi connectivity index (χ3v) is 4.45. The Labute approximate surface area is 129 Å². The van der Waals surface area contributed by atoms with Gasteiger partial charge >= 0.3 is 0 Å². The van der Waals surface area contributed by atoms with Gasteiger partial charge in [-0.3, -0.25) is 4.79 Å². The van der Waals surface area contributed by atoms with E-state index in [9.17, 15) is 4.79 Å². The van der Waals surface area contributed by atoms with Gasteiger partial charge in [0.25, 0.3) is 0 Å². The standard InChI is InChI=1S/C19H18N2O/c1-13-10-16-4-2-3-5-18(16)21(13)19(22)12-14-6-7-15-8-9-20-17(15)11-14/h2-9,11,13,20H,10,12H2,1H3. The summed E-state index contributed by atoms with van der Waals surface area (Å²) in [7, 11) is 0. The summed E-state index contributed by atoms with van der Waals surface area (Å²) in [5, 5.41) is 1.18. The number of carbonyl (C=O) groups excluding carboxylic acids is 1. The molecular weight excluding hydrogens is 272 g/mol. The smallest absolute Gasteiger partial charge is 0.231 e. The molecule has 3 nitrogen and oxygen atoms in total. The normalized spacial score (nSPS) is 17.0. The van der Waals surface area contributed by atoms with Gasteiger partial charge < -0.3 is 9.88 Å². The molecular formula is C19H18N2O. The first-order valence-corrected chi connectivity index (χ1v) is 7.68. The van der Waals surface area contributed by atoms with Crippen LogP contribution in [0.2, 0.25) is 0 Å². The third kappa shape index (κ3) is 2.10. The Morgan fingerprint density at radius 1 is 1.23 bits per heavy atom. The quantitative estimate of drug-likeness (QED) is 0.767. The Balaban J connectivity index is 1.62. The second-order valence-electron chi connectivity index (χ2n) is 6.02. The number of benzene rings is 2. The number of rotatable bonds is 2. The first-order valence-electron chi connectivity index (χ1n) is 7.68. The van der Waals surface area contributed by atoms with Gasteiger partial charge in [0.15, 0.2) is 0 Å². The highest BCUT2D eigenvalue weighted by Gasteiger charge is 2.30. The van der Waals surface area contributed by atoms with Crippen LogP contribution in [0.4, 0.5) is 5.69 Å². The monoisotopic (exact) mass is 290 g/mol. The lowest BCUT2D eigenvalue weighted by Crippen LogP contribution is -2.36. The summed E-state index contributed by atoms with van der Waals surface area (Å²) in [4.78, 5) is 17.9. The van der Waals surface area contributed by atoms with E-state index in [0.717, 1.165) is 23.2 Å². The van der Waals surface area contributed by atoms with Crippen molar-refractivity contribution in [1.82, 2.24) is 4.98 Å². The van der Waals surface area contributed by atoms with E-state index >= 15 is 0 Å². The molecule has 0 saturated carbocycles. The lowest BCUT2D eigenvalue weighted by atomic mass is 10.1. The summed E-state index contributed by atoms with van der Waals surface area (Å²) in [6, 6.07) is 16.7. The predicted octanol–water partition coefficient (Wildman–Crippen LogP) is 3.69. The molecule has 3 aromatic rings. The maximum Gasteiger partial charge on any atom is 0.231 e. The van der Waals surface area contributed by atoms with Gasteiger partial charge in [-0.1, -0.05) is 30.3 Å².